The number of primary amides is 1. The van der Waals surface area contributed by atoms with E-state index < -0.39 is 62.4 Å². The number of phosphoric ester groups is 1. The van der Waals surface area contributed by atoms with Gasteiger partial charge in [-0.3, -0.25) is 18.9 Å². The van der Waals surface area contributed by atoms with Gasteiger partial charge in [-0.25, -0.2) is 9.55 Å². The zero-order chi connectivity index (χ0) is 33.4. The average Bonchev–Trinajstić information content (AvgIpc) is 3.41. The molecule has 1 aromatic carbocycles. The molecule has 1 aromatic heterocycles. The molecule has 0 unspecified atom stereocenters. The quantitative estimate of drug-likeness (QED) is 0.0876. The van der Waals surface area contributed by atoms with E-state index in [1.54, 1.807) is 12.5 Å². The van der Waals surface area contributed by atoms with Gasteiger partial charge in [0.1, 0.15) is 11.8 Å². The Hall–Kier alpha value is -3.22. The number of amides is 2. The largest absolute Gasteiger partial charge is 0.469 e. The number of hydrogen-bond donors (Lipinski definition) is 5. The van der Waals surface area contributed by atoms with Gasteiger partial charge in [0.2, 0.25) is 11.8 Å². The van der Waals surface area contributed by atoms with Crippen molar-refractivity contribution in [3.8, 4) is 0 Å². The van der Waals surface area contributed by atoms with Crippen molar-refractivity contribution in [3.63, 3.8) is 0 Å². The Bertz CT molecular complexity index is 1280. The summed E-state index contributed by atoms with van der Waals surface area (Å²) in [5.41, 5.74) is 7.42. The zero-order valence-electron chi connectivity index (χ0n) is 26.0. The molecule has 4 atom stereocenters. The fraction of sp³-hybridized carbons (Fsp3) is 0.581. The number of aryl methyl sites for hydroxylation is 2. The van der Waals surface area contributed by atoms with Gasteiger partial charge in [0, 0.05) is 37.7 Å². The molecule has 0 aliphatic heterocycles. The van der Waals surface area contributed by atoms with Crippen LogP contribution in [0.3, 0.4) is 0 Å². The number of carbonyl (C=O) groups is 4. The van der Waals surface area contributed by atoms with Crippen LogP contribution >= 0.6 is 7.82 Å². The Morgan fingerprint density at radius 2 is 1.67 bits per heavy atom. The average molecular weight is 651 g/mol. The van der Waals surface area contributed by atoms with Crippen LogP contribution in [0.4, 0.5) is 0 Å². The Balaban J connectivity index is 1.91. The van der Waals surface area contributed by atoms with E-state index in [2.05, 4.69) is 39.1 Å². The summed E-state index contributed by atoms with van der Waals surface area (Å²) in [6.07, 6.45) is 9.01. The number of rotatable bonds is 23. The third kappa shape index (κ3) is 14.6. The molecule has 0 aliphatic carbocycles. The number of carbonyl (C=O) groups excluding carboxylic acids is 4. The van der Waals surface area contributed by atoms with E-state index in [-0.39, 0.29) is 18.6 Å². The number of unbranched alkanes of at least 4 members (excludes halogenated alkanes) is 5. The smallest absolute Gasteiger partial charge is 0.394 e. The Morgan fingerprint density at radius 1 is 1.02 bits per heavy atom. The van der Waals surface area contributed by atoms with E-state index in [9.17, 15) is 28.8 Å². The summed E-state index contributed by atoms with van der Waals surface area (Å²) in [7, 11) is -4.97. The fourth-order valence-electron chi connectivity index (χ4n) is 5.20. The number of nitrogens with one attached hydrogen (secondary N) is 1. The molecule has 0 bridgehead atoms. The van der Waals surface area contributed by atoms with Crippen LogP contribution in [0.2, 0.25) is 0 Å². The minimum atomic E-state index is -4.97. The first kappa shape index (κ1) is 38.0. The standard InChI is InChI=1S/C31H47N4O9P/c1-22(37)16-25(31(40)34-28(20-36)29(38)18-27(30(32)39)23(2)44-45(41,42)43)17-26-19-33-21-35(26)15-11-6-4-3-5-8-12-24-13-9-7-10-14-24/h7,9-10,13-14,19,21,23,25,27-28,36H,3-6,8,11-12,15-18,20H2,1-2H3,(H2,32,39)(H,34,40)(H2,41,42,43)/t23-,25+,27+,28+/m1/s1. The molecule has 2 aromatic rings. The molecule has 1 heterocycles. The summed E-state index contributed by atoms with van der Waals surface area (Å²) in [5, 5.41) is 12.3. The van der Waals surface area contributed by atoms with Crippen LogP contribution in [0, 0.1) is 11.8 Å². The van der Waals surface area contributed by atoms with Crippen molar-refractivity contribution >= 4 is 31.2 Å². The van der Waals surface area contributed by atoms with Gasteiger partial charge >= 0.3 is 7.82 Å². The monoisotopic (exact) mass is 650 g/mol. The van der Waals surface area contributed by atoms with E-state index in [4.69, 9.17) is 15.5 Å². The highest BCUT2D eigenvalue weighted by Gasteiger charge is 2.34. The molecule has 45 heavy (non-hydrogen) atoms. The minimum absolute atomic E-state index is 0.108. The van der Waals surface area contributed by atoms with E-state index >= 15 is 0 Å². The van der Waals surface area contributed by atoms with Gasteiger partial charge in [-0.1, -0.05) is 56.0 Å². The molecule has 0 saturated heterocycles. The van der Waals surface area contributed by atoms with Crippen LogP contribution in [0.1, 0.15) is 76.5 Å². The van der Waals surface area contributed by atoms with Gasteiger partial charge in [-0.05, 0) is 38.7 Å². The first-order chi connectivity index (χ1) is 21.3. The summed E-state index contributed by atoms with van der Waals surface area (Å²) < 4.78 is 17.6. The lowest BCUT2D eigenvalue weighted by molar-refractivity contribution is -0.135. The summed E-state index contributed by atoms with van der Waals surface area (Å²) in [6.45, 7) is 2.43. The van der Waals surface area contributed by atoms with Crippen LogP contribution in [-0.4, -0.2) is 66.6 Å². The highest BCUT2D eigenvalue weighted by atomic mass is 31.2. The number of nitrogens with two attached hydrogens (primary N) is 1. The fourth-order valence-corrected chi connectivity index (χ4v) is 5.78. The van der Waals surface area contributed by atoms with Crippen LogP contribution in [0.15, 0.2) is 42.9 Å². The minimum Gasteiger partial charge on any atom is -0.394 e. The lowest BCUT2D eigenvalue weighted by atomic mass is 9.92. The molecule has 0 aliphatic rings. The SMILES string of the molecule is CC(=O)C[C@@H](Cc1cncn1CCCCCCCCc1ccccc1)C(=O)N[C@@H](CO)C(=O)C[C@H](C(N)=O)[C@@H](C)OP(=O)(O)O. The van der Waals surface area contributed by atoms with E-state index in [1.165, 1.54) is 25.8 Å². The number of phosphoric acid groups is 1. The van der Waals surface area contributed by atoms with E-state index in [0.717, 1.165) is 44.2 Å². The number of imidazole rings is 1. The van der Waals surface area contributed by atoms with E-state index in [0.29, 0.717) is 6.54 Å². The van der Waals surface area contributed by atoms with Crippen molar-refractivity contribution in [2.45, 2.75) is 96.7 Å². The number of ketones is 2. The predicted molar refractivity (Wildman–Crippen MR) is 166 cm³/mol. The summed E-state index contributed by atoms with van der Waals surface area (Å²) in [6, 6.07) is 9.00. The lowest BCUT2D eigenvalue weighted by Crippen LogP contribution is -2.48. The molecule has 2 amide bonds. The van der Waals surface area contributed by atoms with Gasteiger partial charge < -0.3 is 35.3 Å². The Morgan fingerprint density at radius 3 is 2.27 bits per heavy atom. The number of aromatic nitrogens is 2. The van der Waals surface area contributed by atoms with Crippen molar-refractivity contribution in [1.29, 1.82) is 0 Å². The number of aliphatic hydroxyl groups is 1. The van der Waals surface area contributed by atoms with Gasteiger partial charge in [0.05, 0.1) is 30.9 Å². The first-order valence-electron chi connectivity index (χ1n) is 15.3. The lowest BCUT2D eigenvalue weighted by Gasteiger charge is -2.24. The second kappa shape index (κ2) is 19.3. The number of Topliss-reactive ketones (excluding diaryl/α,β-unsaturated/α-hetero) is 2. The third-order valence-electron chi connectivity index (χ3n) is 7.66. The first-order valence-corrected chi connectivity index (χ1v) is 16.8. The van der Waals surface area contributed by atoms with Crippen molar-refractivity contribution in [1.82, 2.24) is 14.9 Å². The van der Waals surface area contributed by atoms with Crippen LogP contribution in [-0.2, 0) is 47.7 Å². The van der Waals surface area contributed by atoms with Crippen molar-refractivity contribution in [2.24, 2.45) is 17.6 Å². The second-order valence-corrected chi connectivity index (χ2v) is 12.7. The third-order valence-corrected chi connectivity index (χ3v) is 8.27. The van der Waals surface area contributed by atoms with Gasteiger partial charge in [-0.2, -0.15) is 0 Å². The van der Waals surface area contributed by atoms with Crippen molar-refractivity contribution < 1.29 is 43.2 Å². The van der Waals surface area contributed by atoms with Crippen molar-refractivity contribution in [3.05, 3.63) is 54.1 Å². The highest BCUT2D eigenvalue weighted by Crippen LogP contribution is 2.39. The molecule has 0 radical (unpaired) electrons. The molecular weight excluding hydrogens is 603 g/mol. The topological polar surface area (TPSA) is 211 Å². The van der Waals surface area contributed by atoms with Gasteiger partial charge in [0.25, 0.3) is 0 Å². The Kier molecular flexibility index (Phi) is 16.3. The van der Waals surface area contributed by atoms with E-state index in [1.807, 2.05) is 10.6 Å². The predicted octanol–water partition coefficient (Wildman–Crippen LogP) is 2.64. The summed E-state index contributed by atoms with van der Waals surface area (Å²) >= 11 is 0. The zero-order valence-corrected chi connectivity index (χ0v) is 26.9. The molecule has 2 rings (SSSR count). The number of aliphatic hydroxyl groups excluding tert-OH is 1. The van der Waals surface area contributed by atoms with Gasteiger partial charge in [-0.15, -0.1) is 0 Å². The molecule has 14 heteroatoms. The molecule has 250 valence electrons. The number of nitrogens with zero attached hydrogens (tertiary/aromatic N) is 2. The maximum absolute atomic E-state index is 13.2. The maximum atomic E-state index is 13.2. The summed E-state index contributed by atoms with van der Waals surface area (Å²) in [5.74, 6) is -4.99. The van der Waals surface area contributed by atoms with Crippen LogP contribution < -0.4 is 11.1 Å². The molecule has 0 fully saturated rings. The molecular formula is C31H47N4O9P. The Labute approximate surface area is 264 Å². The van der Waals surface area contributed by atoms with Crippen LogP contribution in [0.5, 0.6) is 0 Å². The van der Waals surface area contributed by atoms with Crippen LogP contribution in [0.25, 0.3) is 0 Å². The molecule has 6 N–H and O–H groups in total. The van der Waals surface area contributed by atoms with Gasteiger partial charge in [0.15, 0.2) is 5.78 Å². The normalized spacial score (nSPS) is 14.3. The molecule has 13 nitrogen and oxygen atoms in total. The van der Waals surface area contributed by atoms with Crippen molar-refractivity contribution in [2.75, 3.05) is 6.61 Å². The summed E-state index contributed by atoms with van der Waals surface area (Å²) in [4.78, 5) is 72.3. The highest BCUT2D eigenvalue weighted by molar-refractivity contribution is 7.46. The maximum Gasteiger partial charge on any atom is 0.469 e. The molecule has 0 spiro atoms. The number of hydrogen-bond acceptors (Lipinski definition) is 8. The second-order valence-electron chi connectivity index (χ2n) is 11.5. The number of benzene rings is 1. The molecule has 0 saturated carbocycles.